The Labute approximate surface area is 105 Å². The third-order valence-electron chi connectivity index (χ3n) is 2.55. The van der Waals surface area contributed by atoms with Crippen LogP contribution in [0.1, 0.15) is 15.3 Å². The van der Waals surface area contributed by atoms with E-state index < -0.39 is 0 Å². The Morgan fingerprint density at radius 2 is 2.00 bits per heavy atom. The van der Waals surface area contributed by atoms with E-state index in [1.54, 1.807) is 12.4 Å². The van der Waals surface area contributed by atoms with Crippen LogP contribution in [0.5, 0.6) is 0 Å². The van der Waals surface area contributed by atoms with Crippen molar-refractivity contribution in [3.8, 4) is 0 Å². The van der Waals surface area contributed by atoms with Gasteiger partial charge in [-0.15, -0.1) is 11.3 Å². The molecule has 0 saturated carbocycles. The van der Waals surface area contributed by atoms with Gasteiger partial charge in [-0.05, 0) is 25.5 Å². The second kappa shape index (κ2) is 5.14. The Balaban J connectivity index is 2.01. The number of aryl methyl sites for hydroxylation is 2. The molecular weight excluding hydrogens is 232 g/mol. The summed E-state index contributed by atoms with van der Waals surface area (Å²) in [7, 11) is 1.83. The average Bonchev–Trinajstić information content (AvgIpc) is 2.67. The van der Waals surface area contributed by atoms with E-state index in [1.165, 1.54) is 15.3 Å². The Kier molecular flexibility index (Phi) is 3.58. The maximum Gasteiger partial charge on any atom is 0.147 e. The normalized spacial score (nSPS) is 10.3. The zero-order chi connectivity index (χ0) is 12.3. The van der Waals surface area contributed by atoms with Crippen LogP contribution in [-0.2, 0) is 6.54 Å². The van der Waals surface area contributed by atoms with Gasteiger partial charge in [-0.25, -0.2) is 4.98 Å². The van der Waals surface area contributed by atoms with Crippen molar-refractivity contribution in [1.82, 2.24) is 9.97 Å². The van der Waals surface area contributed by atoms with Gasteiger partial charge in [0.25, 0.3) is 0 Å². The lowest BCUT2D eigenvalue weighted by molar-refractivity contribution is 1.10. The van der Waals surface area contributed by atoms with Gasteiger partial charge in [-0.1, -0.05) is 0 Å². The monoisotopic (exact) mass is 248 g/mol. The van der Waals surface area contributed by atoms with Crippen molar-refractivity contribution in [2.24, 2.45) is 0 Å². The van der Waals surface area contributed by atoms with Crippen LogP contribution >= 0.6 is 11.3 Å². The lowest BCUT2D eigenvalue weighted by Crippen LogP contribution is -2.02. The molecule has 0 aromatic carbocycles. The Morgan fingerprint density at radius 3 is 2.65 bits per heavy atom. The first kappa shape index (κ1) is 11.9. The van der Waals surface area contributed by atoms with E-state index in [0.29, 0.717) is 0 Å². The maximum absolute atomic E-state index is 4.36. The molecule has 0 aliphatic heterocycles. The number of nitrogens with one attached hydrogen (secondary N) is 2. The van der Waals surface area contributed by atoms with E-state index >= 15 is 0 Å². The minimum absolute atomic E-state index is 0.772. The number of hydrogen-bond acceptors (Lipinski definition) is 5. The molecule has 2 aromatic heterocycles. The van der Waals surface area contributed by atoms with Crippen molar-refractivity contribution >= 4 is 23.0 Å². The van der Waals surface area contributed by atoms with Gasteiger partial charge in [-0.3, -0.25) is 4.98 Å². The second-order valence-electron chi connectivity index (χ2n) is 3.85. The molecule has 0 aliphatic rings. The van der Waals surface area contributed by atoms with Crippen molar-refractivity contribution in [1.29, 1.82) is 0 Å². The average molecular weight is 248 g/mol. The van der Waals surface area contributed by atoms with E-state index in [0.717, 1.165) is 18.2 Å². The lowest BCUT2D eigenvalue weighted by atomic mass is 10.3. The molecule has 0 bridgehead atoms. The Morgan fingerprint density at radius 1 is 1.24 bits per heavy atom. The number of anilines is 2. The SMILES string of the molecule is CNc1cncc(NCc2cc(C)c(C)s2)n1. The van der Waals surface area contributed by atoms with Crippen molar-refractivity contribution in [3.05, 3.63) is 33.8 Å². The molecule has 0 atom stereocenters. The highest BCUT2D eigenvalue weighted by Gasteiger charge is 2.02. The zero-order valence-corrected chi connectivity index (χ0v) is 11.1. The molecule has 0 amide bonds. The molecule has 0 fully saturated rings. The van der Waals surface area contributed by atoms with Crippen LogP contribution in [0.25, 0.3) is 0 Å². The fraction of sp³-hybridized carbons (Fsp3) is 0.333. The topological polar surface area (TPSA) is 49.8 Å². The molecular formula is C12H16N4S. The lowest BCUT2D eigenvalue weighted by Gasteiger charge is -2.05. The van der Waals surface area contributed by atoms with Crippen LogP contribution in [0.2, 0.25) is 0 Å². The minimum Gasteiger partial charge on any atom is -0.372 e. The van der Waals surface area contributed by atoms with E-state index in [4.69, 9.17) is 0 Å². The predicted molar refractivity (Wildman–Crippen MR) is 72.7 cm³/mol. The van der Waals surface area contributed by atoms with Crippen LogP contribution in [0, 0.1) is 13.8 Å². The first-order valence-electron chi connectivity index (χ1n) is 5.48. The van der Waals surface area contributed by atoms with Gasteiger partial charge in [0, 0.05) is 16.8 Å². The molecule has 2 aromatic rings. The molecule has 4 nitrogen and oxygen atoms in total. The van der Waals surface area contributed by atoms with E-state index in [2.05, 4.69) is 40.5 Å². The predicted octanol–water partition coefficient (Wildman–Crippen LogP) is 2.81. The third kappa shape index (κ3) is 2.94. The second-order valence-corrected chi connectivity index (χ2v) is 5.19. The Hall–Kier alpha value is -1.62. The third-order valence-corrected chi connectivity index (χ3v) is 3.70. The van der Waals surface area contributed by atoms with E-state index in [9.17, 15) is 0 Å². The van der Waals surface area contributed by atoms with Crippen LogP contribution < -0.4 is 10.6 Å². The number of hydrogen-bond donors (Lipinski definition) is 2. The number of nitrogens with zero attached hydrogens (tertiary/aromatic N) is 2. The number of aromatic nitrogens is 2. The van der Waals surface area contributed by atoms with Crippen molar-refractivity contribution in [2.75, 3.05) is 17.7 Å². The number of rotatable bonds is 4. The highest BCUT2D eigenvalue weighted by atomic mass is 32.1. The van der Waals surface area contributed by atoms with Crippen LogP contribution in [0.3, 0.4) is 0 Å². The van der Waals surface area contributed by atoms with Gasteiger partial charge in [0.2, 0.25) is 0 Å². The van der Waals surface area contributed by atoms with Crippen LogP contribution in [-0.4, -0.2) is 17.0 Å². The quantitative estimate of drug-likeness (QED) is 0.873. The molecule has 90 valence electrons. The summed E-state index contributed by atoms with van der Waals surface area (Å²) in [6.07, 6.45) is 3.43. The van der Waals surface area contributed by atoms with Gasteiger partial charge in [-0.2, -0.15) is 0 Å². The smallest absolute Gasteiger partial charge is 0.147 e. The fourth-order valence-corrected chi connectivity index (χ4v) is 2.48. The van der Waals surface area contributed by atoms with Crippen LogP contribution in [0.15, 0.2) is 18.5 Å². The summed E-state index contributed by atoms with van der Waals surface area (Å²) in [4.78, 5) is 11.2. The summed E-state index contributed by atoms with van der Waals surface area (Å²) in [6, 6.07) is 2.21. The summed E-state index contributed by atoms with van der Waals surface area (Å²) < 4.78 is 0. The zero-order valence-electron chi connectivity index (χ0n) is 10.2. The highest BCUT2D eigenvalue weighted by molar-refractivity contribution is 7.12. The van der Waals surface area contributed by atoms with Crippen molar-refractivity contribution < 1.29 is 0 Å². The summed E-state index contributed by atoms with van der Waals surface area (Å²) in [5, 5.41) is 6.24. The molecule has 5 heteroatoms. The van der Waals surface area contributed by atoms with Gasteiger partial charge in [0.1, 0.15) is 11.6 Å². The fourth-order valence-electron chi connectivity index (χ4n) is 1.49. The molecule has 0 unspecified atom stereocenters. The van der Waals surface area contributed by atoms with Crippen molar-refractivity contribution in [3.63, 3.8) is 0 Å². The van der Waals surface area contributed by atoms with Crippen molar-refractivity contribution in [2.45, 2.75) is 20.4 Å². The summed E-state index contributed by atoms with van der Waals surface area (Å²) in [5.74, 6) is 1.56. The Bertz CT molecular complexity index is 487. The largest absolute Gasteiger partial charge is 0.372 e. The van der Waals surface area contributed by atoms with Gasteiger partial charge >= 0.3 is 0 Å². The van der Waals surface area contributed by atoms with Gasteiger partial charge in [0.15, 0.2) is 0 Å². The van der Waals surface area contributed by atoms with Gasteiger partial charge in [0.05, 0.1) is 18.9 Å². The molecule has 0 saturated heterocycles. The minimum atomic E-state index is 0.772. The first-order chi connectivity index (χ1) is 8.19. The molecule has 0 aliphatic carbocycles. The summed E-state index contributed by atoms with van der Waals surface area (Å²) in [6.45, 7) is 5.07. The van der Waals surface area contributed by atoms with Crippen LogP contribution in [0.4, 0.5) is 11.6 Å². The summed E-state index contributed by atoms with van der Waals surface area (Å²) >= 11 is 1.82. The molecule has 0 spiro atoms. The molecule has 2 N–H and O–H groups in total. The molecule has 2 rings (SSSR count). The van der Waals surface area contributed by atoms with E-state index in [-0.39, 0.29) is 0 Å². The molecule has 17 heavy (non-hydrogen) atoms. The van der Waals surface area contributed by atoms with E-state index in [1.807, 2.05) is 18.4 Å². The summed E-state index contributed by atoms with van der Waals surface area (Å²) in [5.41, 5.74) is 1.35. The van der Waals surface area contributed by atoms with Gasteiger partial charge < -0.3 is 10.6 Å². The number of thiophene rings is 1. The first-order valence-corrected chi connectivity index (χ1v) is 6.30. The highest BCUT2D eigenvalue weighted by Crippen LogP contribution is 2.21. The maximum atomic E-state index is 4.36. The molecule has 2 heterocycles. The standard InChI is InChI=1S/C12H16N4S/c1-8-4-10(17-9(8)2)5-15-12-7-14-6-11(13-3)16-12/h4,6-7H,5H2,1-3H3,(H2,13,15,16). The molecule has 0 radical (unpaired) electrons.